The highest BCUT2D eigenvalue weighted by molar-refractivity contribution is 5.98. The van der Waals surface area contributed by atoms with Gasteiger partial charge < -0.3 is 9.84 Å². The van der Waals surface area contributed by atoms with Crippen LogP contribution in [0.3, 0.4) is 0 Å². The SMILES string of the molecule is COC(=O)c1cc(O)c2ccc(C(=O)F)nc2c1. The summed E-state index contributed by atoms with van der Waals surface area (Å²) in [5, 5.41) is 10.0. The van der Waals surface area contributed by atoms with Crippen molar-refractivity contribution in [3.63, 3.8) is 0 Å². The maximum Gasteiger partial charge on any atom is 0.350 e. The summed E-state index contributed by atoms with van der Waals surface area (Å²) in [7, 11) is 1.19. The molecule has 1 aromatic heterocycles. The molecule has 0 aliphatic rings. The smallest absolute Gasteiger partial charge is 0.350 e. The molecule has 0 aliphatic heterocycles. The zero-order valence-electron chi connectivity index (χ0n) is 9.31. The fourth-order valence-electron chi connectivity index (χ4n) is 1.56. The van der Waals surface area contributed by atoms with E-state index in [2.05, 4.69) is 9.72 Å². The van der Waals surface area contributed by atoms with Gasteiger partial charge in [0.2, 0.25) is 0 Å². The van der Waals surface area contributed by atoms with Gasteiger partial charge in [0.05, 0.1) is 18.2 Å². The van der Waals surface area contributed by atoms with Crippen LogP contribution in [0.5, 0.6) is 5.75 Å². The Morgan fingerprint density at radius 3 is 2.67 bits per heavy atom. The first-order valence-electron chi connectivity index (χ1n) is 4.95. The van der Waals surface area contributed by atoms with Crippen molar-refractivity contribution in [3.05, 3.63) is 35.5 Å². The molecule has 0 unspecified atom stereocenters. The number of hydrogen-bond acceptors (Lipinski definition) is 5. The van der Waals surface area contributed by atoms with Crippen molar-refractivity contribution in [3.8, 4) is 5.75 Å². The lowest BCUT2D eigenvalue weighted by Crippen LogP contribution is -2.02. The monoisotopic (exact) mass is 249 g/mol. The largest absolute Gasteiger partial charge is 0.507 e. The van der Waals surface area contributed by atoms with Crippen molar-refractivity contribution in [2.24, 2.45) is 0 Å². The summed E-state index contributed by atoms with van der Waals surface area (Å²) in [6, 6.07) is 3.35. The average Bonchev–Trinajstić information content (AvgIpc) is 2.36. The van der Waals surface area contributed by atoms with E-state index in [1.807, 2.05) is 0 Å². The summed E-state index contributed by atoms with van der Waals surface area (Å²) in [5.74, 6) is -0.857. The second-order valence-corrected chi connectivity index (χ2v) is 3.52. The van der Waals surface area contributed by atoms with Gasteiger partial charge in [0.1, 0.15) is 11.4 Å². The number of nitrogens with zero attached hydrogens (tertiary/aromatic N) is 1. The van der Waals surface area contributed by atoms with Crippen molar-refractivity contribution in [2.75, 3.05) is 7.11 Å². The Labute approximate surface area is 101 Å². The molecule has 0 atom stereocenters. The summed E-state index contributed by atoms with van der Waals surface area (Å²) >= 11 is 0. The maximum absolute atomic E-state index is 12.5. The molecule has 2 aromatic rings. The molecule has 0 fully saturated rings. The fourth-order valence-corrected chi connectivity index (χ4v) is 1.56. The van der Waals surface area contributed by atoms with Gasteiger partial charge in [-0.05, 0) is 24.3 Å². The number of pyridine rings is 1. The molecule has 1 N–H and O–H groups in total. The molecule has 0 radical (unpaired) electrons. The van der Waals surface area contributed by atoms with Gasteiger partial charge in [-0.3, -0.25) is 4.79 Å². The van der Waals surface area contributed by atoms with Gasteiger partial charge in [-0.1, -0.05) is 0 Å². The van der Waals surface area contributed by atoms with Crippen molar-refractivity contribution in [1.29, 1.82) is 0 Å². The Hall–Kier alpha value is -2.50. The highest BCUT2D eigenvalue weighted by atomic mass is 19.1. The maximum atomic E-state index is 12.5. The van der Waals surface area contributed by atoms with E-state index in [9.17, 15) is 19.1 Å². The molecule has 0 saturated heterocycles. The van der Waals surface area contributed by atoms with Crippen LogP contribution >= 0.6 is 0 Å². The molecule has 0 bridgehead atoms. The van der Waals surface area contributed by atoms with E-state index in [0.29, 0.717) is 5.39 Å². The third-order valence-electron chi connectivity index (χ3n) is 2.41. The summed E-state index contributed by atoms with van der Waals surface area (Å²) in [6.07, 6.45) is 0. The Balaban J connectivity index is 2.68. The van der Waals surface area contributed by atoms with Crippen LogP contribution in [-0.2, 0) is 4.74 Å². The van der Waals surface area contributed by atoms with Crippen molar-refractivity contribution in [2.45, 2.75) is 0 Å². The molecule has 1 aromatic carbocycles. The molecular weight excluding hydrogens is 241 g/mol. The van der Waals surface area contributed by atoms with E-state index in [4.69, 9.17) is 0 Å². The summed E-state index contributed by atoms with van der Waals surface area (Å²) in [6.45, 7) is 0. The van der Waals surface area contributed by atoms with E-state index in [1.165, 1.54) is 25.3 Å². The highest BCUT2D eigenvalue weighted by Gasteiger charge is 2.13. The number of phenolic OH excluding ortho intramolecular Hbond substituents is 1. The number of benzene rings is 1. The number of hydrogen-bond donors (Lipinski definition) is 1. The summed E-state index contributed by atoms with van der Waals surface area (Å²) < 4.78 is 17.0. The molecule has 2 rings (SSSR count). The first-order valence-corrected chi connectivity index (χ1v) is 4.95. The Kier molecular flexibility index (Phi) is 2.93. The number of carbonyl (C=O) groups excluding carboxylic acids is 2. The van der Waals surface area contributed by atoms with Crippen LogP contribution in [0.2, 0.25) is 0 Å². The van der Waals surface area contributed by atoms with Crippen LogP contribution < -0.4 is 0 Å². The van der Waals surface area contributed by atoms with Gasteiger partial charge in [0.25, 0.3) is 0 Å². The second kappa shape index (κ2) is 4.40. The first-order chi connectivity index (χ1) is 8.52. The molecule has 92 valence electrons. The Morgan fingerprint density at radius 2 is 2.06 bits per heavy atom. The molecule has 0 spiro atoms. The molecule has 0 saturated carbocycles. The molecule has 6 heteroatoms. The van der Waals surface area contributed by atoms with Crippen molar-refractivity contribution in [1.82, 2.24) is 4.98 Å². The van der Waals surface area contributed by atoms with Crippen LogP contribution in [-0.4, -0.2) is 29.2 Å². The van der Waals surface area contributed by atoms with Crippen molar-refractivity contribution >= 4 is 22.9 Å². The molecule has 1 heterocycles. The molecule has 18 heavy (non-hydrogen) atoms. The van der Waals surface area contributed by atoms with E-state index in [-0.39, 0.29) is 22.5 Å². The number of halogens is 1. The van der Waals surface area contributed by atoms with Crippen LogP contribution in [0.25, 0.3) is 10.9 Å². The number of aromatic nitrogens is 1. The number of aromatic hydroxyl groups is 1. The lowest BCUT2D eigenvalue weighted by molar-refractivity contribution is 0.0600. The highest BCUT2D eigenvalue weighted by Crippen LogP contribution is 2.26. The summed E-state index contributed by atoms with van der Waals surface area (Å²) in [5.41, 5.74) is -0.179. The number of methoxy groups -OCH3 is 1. The predicted octanol–water partition coefficient (Wildman–Crippen LogP) is 1.84. The quantitative estimate of drug-likeness (QED) is 0.649. The van der Waals surface area contributed by atoms with E-state index in [0.717, 1.165) is 6.07 Å². The van der Waals surface area contributed by atoms with Crippen LogP contribution in [0.15, 0.2) is 24.3 Å². The lowest BCUT2D eigenvalue weighted by atomic mass is 10.1. The third-order valence-corrected chi connectivity index (χ3v) is 2.41. The number of esters is 1. The average molecular weight is 249 g/mol. The van der Waals surface area contributed by atoms with Gasteiger partial charge >= 0.3 is 12.0 Å². The standard InChI is InChI=1S/C12H8FNO4/c1-18-12(17)6-4-9-7(10(15)5-6)2-3-8(14-9)11(13)16/h2-5,15H,1H3. The third kappa shape index (κ3) is 2.00. The minimum Gasteiger partial charge on any atom is -0.507 e. The Bertz CT molecular complexity index is 654. The van der Waals surface area contributed by atoms with E-state index < -0.39 is 12.0 Å². The number of phenols is 1. The molecule has 0 amide bonds. The second-order valence-electron chi connectivity index (χ2n) is 3.52. The van der Waals surface area contributed by atoms with Gasteiger partial charge in [-0.25, -0.2) is 9.78 Å². The number of carbonyl (C=O) groups is 2. The zero-order chi connectivity index (χ0) is 13.3. The van der Waals surface area contributed by atoms with E-state index in [1.54, 1.807) is 0 Å². The molecule has 5 nitrogen and oxygen atoms in total. The van der Waals surface area contributed by atoms with E-state index >= 15 is 0 Å². The van der Waals surface area contributed by atoms with Gasteiger partial charge in [0, 0.05) is 5.39 Å². The van der Waals surface area contributed by atoms with Crippen LogP contribution in [0.1, 0.15) is 20.8 Å². The number of ether oxygens (including phenoxy) is 1. The van der Waals surface area contributed by atoms with Crippen LogP contribution in [0, 0.1) is 0 Å². The Morgan fingerprint density at radius 1 is 1.33 bits per heavy atom. The lowest BCUT2D eigenvalue weighted by Gasteiger charge is -2.05. The van der Waals surface area contributed by atoms with Gasteiger partial charge in [-0.15, -0.1) is 0 Å². The number of fused-ring (bicyclic) bond motifs is 1. The normalized spacial score (nSPS) is 10.3. The number of rotatable bonds is 2. The fraction of sp³-hybridized carbons (Fsp3) is 0.0833. The van der Waals surface area contributed by atoms with Crippen LogP contribution in [0.4, 0.5) is 4.39 Å². The minimum absolute atomic E-state index is 0.0680. The minimum atomic E-state index is -1.68. The van der Waals surface area contributed by atoms with Gasteiger partial charge in [0.15, 0.2) is 0 Å². The molecule has 0 aliphatic carbocycles. The first kappa shape index (κ1) is 12.0. The van der Waals surface area contributed by atoms with Gasteiger partial charge in [-0.2, -0.15) is 4.39 Å². The van der Waals surface area contributed by atoms with Crippen molar-refractivity contribution < 1.29 is 23.8 Å². The predicted molar refractivity (Wildman–Crippen MR) is 60.2 cm³/mol. The topological polar surface area (TPSA) is 76.5 Å². The zero-order valence-corrected chi connectivity index (χ0v) is 9.31. The summed E-state index contributed by atoms with van der Waals surface area (Å²) in [4.78, 5) is 25.6. The molecular formula is C12H8FNO4.